The lowest BCUT2D eigenvalue weighted by atomic mass is 10.2. The van der Waals surface area contributed by atoms with E-state index in [0.29, 0.717) is 10.6 Å². The number of rotatable bonds is 5. The van der Waals surface area contributed by atoms with Gasteiger partial charge in [-0.1, -0.05) is 5.10 Å². The zero-order valence-corrected chi connectivity index (χ0v) is 15.9. The van der Waals surface area contributed by atoms with E-state index < -0.39 is 21.4 Å². The summed E-state index contributed by atoms with van der Waals surface area (Å²) < 4.78 is 29.6. The van der Waals surface area contributed by atoms with Gasteiger partial charge in [-0.3, -0.25) is 10.3 Å². The normalized spacial score (nSPS) is 13.8. The fourth-order valence-electron chi connectivity index (χ4n) is 1.57. The summed E-state index contributed by atoms with van der Waals surface area (Å²) in [6.07, 6.45) is 2.11. The lowest BCUT2D eigenvalue weighted by molar-refractivity contribution is 0.0636. The Balaban J connectivity index is 1.90. The number of nitrogens with one attached hydrogen (secondary N) is 2. The maximum absolute atomic E-state index is 11.6. The van der Waals surface area contributed by atoms with E-state index in [1.807, 2.05) is 0 Å². The fourth-order valence-corrected chi connectivity index (χ4v) is 2.73. The number of pyridine rings is 1. The number of aromatic nitrogens is 3. The SMILES string of the molecule is CC(C)(C)OC(=O)Nc1nnc(OCc2ccc(S(C)(=N)=O)cn2)s1. The molecule has 2 rings (SSSR count). The Morgan fingerprint density at radius 3 is 2.64 bits per heavy atom. The fraction of sp³-hybridized carbons (Fsp3) is 0.429. The van der Waals surface area contributed by atoms with Crippen LogP contribution in [0.5, 0.6) is 5.19 Å². The van der Waals surface area contributed by atoms with Crippen molar-refractivity contribution in [3.8, 4) is 5.19 Å². The molecule has 0 saturated heterocycles. The Labute approximate surface area is 149 Å². The van der Waals surface area contributed by atoms with Crippen LogP contribution in [0.2, 0.25) is 0 Å². The van der Waals surface area contributed by atoms with Gasteiger partial charge in [-0.25, -0.2) is 13.8 Å². The van der Waals surface area contributed by atoms with Crippen LogP contribution < -0.4 is 10.1 Å². The van der Waals surface area contributed by atoms with Crippen LogP contribution in [-0.4, -0.2) is 37.3 Å². The van der Waals surface area contributed by atoms with Gasteiger partial charge in [-0.15, -0.1) is 5.10 Å². The Kier molecular flexibility index (Phi) is 5.58. The predicted octanol–water partition coefficient (Wildman–Crippen LogP) is 2.89. The molecule has 0 fully saturated rings. The van der Waals surface area contributed by atoms with Crippen LogP contribution in [0.4, 0.5) is 9.93 Å². The summed E-state index contributed by atoms with van der Waals surface area (Å²) >= 11 is 1.05. The molecular formula is C14H19N5O4S2. The number of carbonyl (C=O) groups is 1. The molecule has 2 aromatic heterocycles. The van der Waals surface area contributed by atoms with Crippen molar-refractivity contribution in [3.05, 3.63) is 24.0 Å². The van der Waals surface area contributed by atoms with Crippen molar-refractivity contribution in [3.63, 3.8) is 0 Å². The first-order valence-corrected chi connectivity index (χ1v) is 9.96. The first-order valence-electron chi connectivity index (χ1n) is 7.18. The van der Waals surface area contributed by atoms with Crippen LogP contribution in [0.15, 0.2) is 23.2 Å². The lowest BCUT2D eigenvalue weighted by Gasteiger charge is -2.18. The third kappa shape index (κ3) is 6.27. The Morgan fingerprint density at radius 1 is 1.36 bits per heavy atom. The Hall–Kier alpha value is -2.27. The Morgan fingerprint density at radius 2 is 2.08 bits per heavy atom. The van der Waals surface area contributed by atoms with Crippen LogP contribution in [0, 0.1) is 4.78 Å². The van der Waals surface area contributed by atoms with Crippen LogP contribution in [0.1, 0.15) is 26.5 Å². The average molecular weight is 385 g/mol. The number of nitrogens with zero attached hydrogens (tertiary/aromatic N) is 3. The molecule has 1 atom stereocenters. The number of carbonyl (C=O) groups excluding carboxylic acids is 1. The van der Waals surface area contributed by atoms with Crippen molar-refractivity contribution in [1.29, 1.82) is 4.78 Å². The van der Waals surface area contributed by atoms with Crippen molar-refractivity contribution in [2.75, 3.05) is 11.6 Å². The molecule has 0 aliphatic rings. The highest BCUT2D eigenvalue weighted by Gasteiger charge is 2.18. The second kappa shape index (κ2) is 7.31. The average Bonchev–Trinajstić information content (AvgIpc) is 2.90. The third-order valence-electron chi connectivity index (χ3n) is 2.61. The van der Waals surface area contributed by atoms with Gasteiger partial charge in [0.1, 0.15) is 12.2 Å². The van der Waals surface area contributed by atoms with E-state index in [4.69, 9.17) is 14.3 Å². The van der Waals surface area contributed by atoms with Crippen LogP contribution in [0.3, 0.4) is 0 Å². The third-order valence-corrected chi connectivity index (χ3v) is 4.50. The molecule has 2 aromatic rings. The molecule has 136 valence electrons. The van der Waals surface area contributed by atoms with Gasteiger partial charge in [0.15, 0.2) is 0 Å². The minimum absolute atomic E-state index is 0.129. The van der Waals surface area contributed by atoms with Crippen LogP contribution in [0.25, 0.3) is 0 Å². The largest absolute Gasteiger partial charge is 0.462 e. The van der Waals surface area contributed by atoms with Gasteiger partial charge in [0.25, 0.3) is 5.19 Å². The van der Waals surface area contributed by atoms with Gasteiger partial charge in [0.05, 0.1) is 20.3 Å². The molecular weight excluding hydrogens is 366 g/mol. The van der Waals surface area contributed by atoms with E-state index in [0.717, 1.165) is 11.3 Å². The highest BCUT2D eigenvalue weighted by atomic mass is 32.2. The van der Waals surface area contributed by atoms with Gasteiger partial charge in [-0.05, 0) is 44.2 Å². The van der Waals surface area contributed by atoms with Gasteiger partial charge in [-0.2, -0.15) is 0 Å². The molecule has 1 unspecified atom stereocenters. The quantitative estimate of drug-likeness (QED) is 0.810. The summed E-state index contributed by atoms with van der Waals surface area (Å²) in [5.74, 6) is 0. The molecule has 11 heteroatoms. The summed E-state index contributed by atoms with van der Waals surface area (Å²) in [5, 5.41) is 10.6. The molecule has 1 amide bonds. The minimum Gasteiger partial charge on any atom is -0.462 e. The zero-order valence-electron chi connectivity index (χ0n) is 14.2. The van der Waals surface area contributed by atoms with Crippen molar-refractivity contribution in [1.82, 2.24) is 15.2 Å². The maximum Gasteiger partial charge on any atom is 0.414 e. The van der Waals surface area contributed by atoms with Crippen molar-refractivity contribution in [2.24, 2.45) is 0 Å². The zero-order chi connectivity index (χ0) is 18.7. The topological polar surface area (TPSA) is 127 Å². The number of amides is 1. The molecule has 2 heterocycles. The molecule has 0 aliphatic carbocycles. The molecule has 0 aromatic carbocycles. The standard InChI is InChI=1S/C14H19N5O4S2/c1-14(2,3)23-12(20)17-11-18-19-13(24-11)22-8-9-5-6-10(7-16-9)25(4,15)21/h5-7,15H,8H2,1-4H3,(H,17,18,20). The number of hydrogen-bond donors (Lipinski definition) is 2. The Bertz CT molecular complexity index is 841. The molecule has 9 nitrogen and oxygen atoms in total. The number of ether oxygens (including phenoxy) is 2. The number of hydrogen-bond acceptors (Lipinski definition) is 9. The summed E-state index contributed by atoms with van der Waals surface area (Å²) in [6.45, 7) is 5.41. The molecule has 0 aliphatic heterocycles. The predicted molar refractivity (Wildman–Crippen MR) is 93.4 cm³/mol. The second-order valence-corrected chi connectivity index (χ2v) is 9.22. The molecule has 0 saturated carbocycles. The maximum atomic E-state index is 11.6. The monoisotopic (exact) mass is 385 g/mol. The van der Waals surface area contributed by atoms with Gasteiger partial charge in [0.2, 0.25) is 5.13 Å². The van der Waals surface area contributed by atoms with E-state index in [1.165, 1.54) is 12.5 Å². The van der Waals surface area contributed by atoms with E-state index >= 15 is 0 Å². The molecule has 25 heavy (non-hydrogen) atoms. The lowest BCUT2D eigenvalue weighted by Crippen LogP contribution is -2.27. The van der Waals surface area contributed by atoms with Crippen molar-refractivity contribution >= 4 is 32.3 Å². The van der Waals surface area contributed by atoms with E-state index in [-0.39, 0.29) is 16.9 Å². The first kappa shape index (κ1) is 19.1. The van der Waals surface area contributed by atoms with Crippen molar-refractivity contribution in [2.45, 2.75) is 37.9 Å². The highest BCUT2D eigenvalue weighted by Crippen LogP contribution is 2.23. The molecule has 0 radical (unpaired) electrons. The summed E-state index contributed by atoms with van der Waals surface area (Å²) in [4.78, 5) is 16.1. The molecule has 0 bridgehead atoms. The van der Waals surface area contributed by atoms with E-state index in [9.17, 15) is 9.00 Å². The van der Waals surface area contributed by atoms with Crippen molar-refractivity contribution < 1.29 is 18.5 Å². The van der Waals surface area contributed by atoms with Gasteiger partial charge in [0, 0.05) is 12.5 Å². The van der Waals surface area contributed by atoms with Crippen LogP contribution >= 0.6 is 11.3 Å². The molecule has 2 N–H and O–H groups in total. The smallest absolute Gasteiger partial charge is 0.414 e. The van der Waals surface area contributed by atoms with Gasteiger partial charge >= 0.3 is 6.09 Å². The van der Waals surface area contributed by atoms with Gasteiger partial charge < -0.3 is 9.47 Å². The molecule has 0 spiro atoms. The summed E-state index contributed by atoms with van der Waals surface area (Å²) in [7, 11) is -2.78. The van der Waals surface area contributed by atoms with Crippen LogP contribution in [-0.2, 0) is 21.1 Å². The summed E-state index contributed by atoms with van der Waals surface area (Å²) in [5.41, 5.74) is -0.0170. The summed E-state index contributed by atoms with van der Waals surface area (Å²) in [6, 6.07) is 3.21. The highest BCUT2D eigenvalue weighted by molar-refractivity contribution is 7.91. The van der Waals surface area contributed by atoms with E-state index in [2.05, 4.69) is 20.5 Å². The number of anilines is 1. The van der Waals surface area contributed by atoms with E-state index in [1.54, 1.807) is 32.9 Å². The first-order chi connectivity index (χ1) is 11.5. The second-order valence-electron chi connectivity index (χ2n) is 6.12. The minimum atomic E-state index is -2.78.